The molecule has 0 amide bonds. The van der Waals surface area contributed by atoms with Crippen molar-refractivity contribution in [2.45, 2.75) is 37.9 Å². The van der Waals surface area contributed by atoms with Crippen LogP contribution in [0.2, 0.25) is 0 Å². The fraction of sp³-hybridized carbons (Fsp3) is 0.875. The molecular formula is C8H13BrO5. The highest BCUT2D eigenvalue weighted by Crippen LogP contribution is 2.30. The molecule has 1 heterocycles. The smallest absolute Gasteiger partial charge is 0.335 e. The Morgan fingerprint density at radius 3 is 2.57 bits per heavy atom. The largest absolute Gasteiger partial charge is 0.479 e. The lowest BCUT2D eigenvalue weighted by Gasteiger charge is -2.19. The minimum absolute atomic E-state index is 0.251. The molecule has 0 bridgehead atoms. The summed E-state index contributed by atoms with van der Waals surface area (Å²) in [5, 5.41) is 18.6. The summed E-state index contributed by atoms with van der Waals surface area (Å²) in [7, 11) is 0. The van der Waals surface area contributed by atoms with E-state index in [4.69, 9.17) is 14.6 Å². The van der Waals surface area contributed by atoms with Gasteiger partial charge in [0.05, 0.1) is 6.10 Å². The molecule has 0 radical (unpaired) electrons. The van der Waals surface area contributed by atoms with Crippen LogP contribution in [0.3, 0.4) is 0 Å². The van der Waals surface area contributed by atoms with Gasteiger partial charge in [-0.2, -0.15) is 0 Å². The van der Waals surface area contributed by atoms with E-state index in [-0.39, 0.29) is 5.33 Å². The van der Waals surface area contributed by atoms with Crippen LogP contribution < -0.4 is 0 Å². The number of carbonyl (C=O) groups is 1. The normalized spacial score (nSPS) is 32.9. The fourth-order valence-electron chi connectivity index (χ4n) is 1.35. The Balaban J connectivity index is 2.77. The predicted molar refractivity (Wildman–Crippen MR) is 51.3 cm³/mol. The van der Waals surface area contributed by atoms with Gasteiger partial charge >= 0.3 is 5.97 Å². The first-order valence-corrected chi connectivity index (χ1v) is 5.32. The zero-order chi connectivity index (χ0) is 10.9. The van der Waals surface area contributed by atoms with Gasteiger partial charge in [0.2, 0.25) is 0 Å². The number of aliphatic hydroxyl groups excluding tert-OH is 1. The Morgan fingerprint density at radius 1 is 1.57 bits per heavy atom. The molecule has 0 aromatic rings. The van der Waals surface area contributed by atoms with Crippen molar-refractivity contribution in [2.75, 3.05) is 5.33 Å². The third kappa shape index (κ3) is 2.44. The summed E-state index contributed by atoms with van der Waals surface area (Å²) >= 11 is 3.06. The summed E-state index contributed by atoms with van der Waals surface area (Å²) in [6.45, 7) is 3.23. The van der Waals surface area contributed by atoms with Crippen molar-refractivity contribution >= 4 is 21.9 Å². The van der Waals surface area contributed by atoms with Gasteiger partial charge in [-0.1, -0.05) is 15.9 Å². The summed E-state index contributed by atoms with van der Waals surface area (Å²) in [5.41, 5.74) is 0. The number of halogens is 1. The van der Waals surface area contributed by atoms with Gasteiger partial charge in [0, 0.05) is 5.33 Å². The van der Waals surface area contributed by atoms with E-state index in [0.717, 1.165) is 0 Å². The van der Waals surface area contributed by atoms with Crippen LogP contribution in [0.5, 0.6) is 0 Å². The molecule has 1 aliphatic heterocycles. The average molecular weight is 269 g/mol. The molecule has 6 heteroatoms. The van der Waals surface area contributed by atoms with Crippen LogP contribution in [0.1, 0.15) is 13.8 Å². The van der Waals surface area contributed by atoms with E-state index in [1.54, 1.807) is 13.8 Å². The van der Waals surface area contributed by atoms with Crippen LogP contribution in [0, 0.1) is 0 Å². The molecule has 0 aliphatic carbocycles. The van der Waals surface area contributed by atoms with E-state index in [1.807, 2.05) is 0 Å². The topological polar surface area (TPSA) is 76.0 Å². The van der Waals surface area contributed by atoms with Crippen molar-refractivity contribution in [3.05, 3.63) is 0 Å². The van der Waals surface area contributed by atoms with E-state index in [9.17, 15) is 9.90 Å². The SMILES string of the molecule is CC1(C)OC(C(=O)O)C(C(O)CBr)O1. The molecular weight excluding hydrogens is 256 g/mol. The van der Waals surface area contributed by atoms with Gasteiger partial charge in [-0.25, -0.2) is 4.79 Å². The predicted octanol–water partition coefficient (Wildman–Crippen LogP) is 0.347. The molecule has 3 unspecified atom stereocenters. The lowest BCUT2D eigenvalue weighted by molar-refractivity contribution is -0.167. The second-order valence-electron chi connectivity index (χ2n) is 3.58. The number of carboxylic acids is 1. The number of ether oxygens (including phenoxy) is 2. The van der Waals surface area contributed by atoms with Gasteiger partial charge in [0.25, 0.3) is 0 Å². The maximum absolute atomic E-state index is 10.8. The molecule has 82 valence electrons. The summed E-state index contributed by atoms with van der Waals surface area (Å²) in [6, 6.07) is 0. The van der Waals surface area contributed by atoms with E-state index in [1.165, 1.54) is 0 Å². The molecule has 3 atom stereocenters. The molecule has 0 saturated carbocycles. The lowest BCUT2D eigenvalue weighted by Crippen LogP contribution is -2.40. The number of alkyl halides is 1. The molecule has 0 aromatic carbocycles. The van der Waals surface area contributed by atoms with Crippen LogP contribution >= 0.6 is 15.9 Å². The van der Waals surface area contributed by atoms with E-state index in [2.05, 4.69) is 15.9 Å². The molecule has 1 saturated heterocycles. The van der Waals surface area contributed by atoms with E-state index in [0.29, 0.717) is 0 Å². The van der Waals surface area contributed by atoms with Gasteiger partial charge in [0.15, 0.2) is 11.9 Å². The van der Waals surface area contributed by atoms with Crippen molar-refractivity contribution in [1.82, 2.24) is 0 Å². The highest BCUT2D eigenvalue weighted by molar-refractivity contribution is 9.09. The number of hydrogen-bond acceptors (Lipinski definition) is 4. The van der Waals surface area contributed by atoms with E-state index >= 15 is 0 Å². The van der Waals surface area contributed by atoms with Crippen LogP contribution in [0.4, 0.5) is 0 Å². The van der Waals surface area contributed by atoms with Crippen molar-refractivity contribution < 1.29 is 24.5 Å². The van der Waals surface area contributed by atoms with Gasteiger partial charge < -0.3 is 19.7 Å². The zero-order valence-corrected chi connectivity index (χ0v) is 9.52. The van der Waals surface area contributed by atoms with Crippen LogP contribution in [0.25, 0.3) is 0 Å². The summed E-state index contributed by atoms with van der Waals surface area (Å²) in [6.07, 6.45) is -2.84. The monoisotopic (exact) mass is 268 g/mol. The van der Waals surface area contributed by atoms with Gasteiger partial charge in [-0.05, 0) is 13.8 Å². The van der Waals surface area contributed by atoms with Gasteiger partial charge in [-0.15, -0.1) is 0 Å². The Hall–Kier alpha value is -0.170. The highest BCUT2D eigenvalue weighted by atomic mass is 79.9. The Morgan fingerprint density at radius 2 is 2.14 bits per heavy atom. The molecule has 1 fully saturated rings. The highest BCUT2D eigenvalue weighted by Gasteiger charge is 2.48. The molecule has 1 rings (SSSR count). The summed E-state index contributed by atoms with van der Waals surface area (Å²) < 4.78 is 10.4. The lowest BCUT2D eigenvalue weighted by atomic mass is 10.1. The van der Waals surface area contributed by atoms with Crippen LogP contribution in [-0.2, 0) is 14.3 Å². The van der Waals surface area contributed by atoms with Crippen LogP contribution in [0.15, 0.2) is 0 Å². The van der Waals surface area contributed by atoms with E-state index < -0.39 is 30.1 Å². The van der Waals surface area contributed by atoms with Crippen molar-refractivity contribution in [3.63, 3.8) is 0 Å². The van der Waals surface area contributed by atoms with Crippen LogP contribution in [-0.4, -0.2) is 45.6 Å². The van der Waals surface area contributed by atoms with Crippen molar-refractivity contribution in [1.29, 1.82) is 0 Å². The number of hydrogen-bond donors (Lipinski definition) is 2. The maximum Gasteiger partial charge on any atom is 0.335 e. The Kier molecular flexibility index (Phi) is 3.52. The Bertz CT molecular complexity index is 230. The quantitative estimate of drug-likeness (QED) is 0.723. The average Bonchev–Trinajstić information content (AvgIpc) is 2.40. The summed E-state index contributed by atoms with van der Waals surface area (Å²) in [4.78, 5) is 10.8. The minimum atomic E-state index is -1.12. The van der Waals surface area contributed by atoms with Gasteiger partial charge in [0.1, 0.15) is 6.10 Å². The first kappa shape index (κ1) is 11.9. The maximum atomic E-state index is 10.8. The molecule has 0 spiro atoms. The number of carboxylic acid groups (broad SMARTS) is 1. The van der Waals surface area contributed by atoms with Crippen molar-refractivity contribution in [3.8, 4) is 0 Å². The molecule has 14 heavy (non-hydrogen) atoms. The number of aliphatic carboxylic acids is 1. The zero-order valence-electron chi connectivity index (χ0n) is 7.94. The first-order valence-electron chi connectivity index (χ1n) is 4.20. The molecule has 2 N–H and O–H groups in total. The molecule has 0 aromatic heterocycles. The summed E-state index contributed by atoms with van der Waals surface area (Å²) in [5.74, 6) is -2.09. The Labute approximate surface area is 90.1 Å². The van der Waals surface area contributed by atoms with Gasteiger partial charge in [-0.3, -0.25) is 0 Å². The van der Waals surface area contributed by atoms with Crippen molar-refractivity contribution in [2.24, 2.45) is 0 Å². The minimum Gasteiger partial charge on any atom is -0.479 e. The third-order valence-corrected chi connectivity index (χ3v) is 2.57. The first-order chi connectivity index (χ1) is 6.37. The standard InChI is InChI=1S/C8H13BrO5/c1-8(2)13-5(4(10)3-9)6(14-8)7(11)12/h4-6,10H,3H2,1-2H3,(H,11,12). The second kappa shape index (κ2) is 4.14. The number of aliphatic hydroxyl groups is 1. The fourth-order valence-corrected chi connectivity index (χ4v) is 1.72. The molecule has 1 aliphatic rings. The third-order valence-electron chi connectivity index (χ3n) is 1.91. The molecule has 5 nitrogen and oxygen atoms in total. The number of rotatable bonds is 3. The second-order valence-corrected chi connectivity index (χ2v) is 4.23.